The Morgan fingerprint density at radius 2 is 2.19 bits per heavy atom. The van der Waals surface area contributed by atoms with Crippen LogP contribution in [0.3, 0.4) is 0 Å². The summed E-state index contributed by atoms with van der Waals surface area (Å²) in [6.45, 7) is 5.61. The molecule has 1 N–H and O–H groups in total. The molecule has 1 atom stereocenters. The van der Waals surface area contributed by atoms with E-state index in [1.807, 2.05) is 23.8 Å². The summed E-state index contributed by atoms with van der Waals surface area (Å²) in [4.78, 5) is 11.2. The fraction of sp³-hybridized carbons (Fsp3) is 0.467. The monoisotopic (exact) mass is 304 g/mol. The number of hydrogen-bond acceptors (Lipinski definition) is 6. The van der Waals surface area contributed by atoms with Crippen molar-refractivity contribution in [3.8, 4) is 0 Å². The van der Waals surface area contributed by atoms with Crippen molar-refractivity contribution >= 4 is 22.8 Å². The number of morpholine rings is 1. The Labute approximate surface area is 129 Å². The number of aromatic nitrogens is 2. The standard InChI is InChI=1S/C15H20N4OS/c1-2-13(15-16-5-10-21-15)18-14-4-3-12(11-17-14)19-6-8-20-9-7-19/h3-5,10-11,13H,2,6-9H2,1H3,(H,17,18). The van der Waals surface area contributed by atoms with E-state index < -0.39 is 0 Å². The first-order valence-corrected chi connectivity index (χ1v) is 8.19. The number of ether oxygens (including phenoxy) is 1. The summed E-state index contributed by atoms with van der Waals surface area (Å²) >= 11 is 1.68. The van der Waals surface area contributed by atoms with Crippen molar-refractivity contribution in [2.75, 3.05) is 36.5 Å². The highest BCUT2D eigenvalue weighted by Gasteiger charge is 2.14. The molecule has 0 radical (unpaired) electrons. The lowest BCUT2D eigenvalue weighted by atomic mass is 10.2. The Morgan fingerprint density at radius 3 is 2.81 bits per heavy atom. The summed E-state index contributed by atoms with van der Waals surface area (Å²) in [6, 6.07) is 4.39. The third-order valence-corrected chi connectivity index (χ3v) is 4.49. The van der Waals surface area contributed by atoms with E-state index in [1.54, 1.807) is 11.3 Å². The number of thiazole rings is 1. The summed E-state index contributed by atoms with van der Waals surface area (Å²) < 4.78 is 5.37. The van der Waals surface area contributed by atoms with Gasteiger partial charge in [0.15, 0.2) is 0 Å². The van der Waals surface area contributed by atoms with Gasteiger partial charge in [0.2, 0.25) is 0 Å². The maximum Gasteiger partial charge on any atom is 0.126 e. The van der Waals surface area contributed by atoms with Crippen molar-refractivity contribution in [1.82, 2.24) is 9.97 Å². The van der Waals surface area contributed by atoms with Crippen LogP contribution in [0.5, 0.6) is 0 Å². The summed E-state index contributed by atoms with van der Waals surface area (Å²) in [6.07, 6.45) is 4.77. The fourth-order valence-electron chi connectivity index (χ4n) is 2.40. The lowest BCUT2D eigenvalue weighted by Crippen LogP contribution is -2.36. The summed E-state index contributed by atoms with van der Waals surface area (Å²) in [5, 5.41) is 6.57. The maximum absolute atomic E-state index is 5.37. The van der Waals surface area contributed by atoms with E-state index in [0.717, 1.165) is 49.2 Å². The van der Waals surface area contributed by atoms with E-state index in [2.05, 4.69) is 33.2 Å². The predicted molar refractivity (Wildman–Crippen MR) is 86.0 cm³/mol. The maximum atomic E-state index is 5.37. The van der Waals surface area contributed by atoms with Gasteiger partial charge in [-0.3, -0.25) is 0 Å². The zero-order chi connectivity index (χ0) is 14.5. The minimum atomic E-state index is 0.228. The van der Waals surface area contributed by atoms with Crippen LogP contribution >= 0.6 is 11.3 Å². The highest BCUT2D eigenvalue weighted by molar-refractivity contribution is 7.09. The van der Waals surface area contributed by atoms with E-state index in [0.29, 0.717) is 0 Å². The van der Waals surface area contributed by atoms with Crippen LogP contribution in [0.2, 0.25) is 0 Å². The summed E-state index contributed by atoms with van der Waals surface area (Å²) in [5.41, 5.74) is 1.16. The molecule has 1 aliphatic heterocycles. The minimum absolute atomic E-state index is 0.228. The largest absolute Gasteiger partial charge is 0.378 e. The molecule has 21 heavy (non-hydrogen) atoms. The molecule has 1 aliphatic rings. The number of rotatable bonds is 5. The number of nitrogens with one attached hydrogen (secondary N) is 1. The predicted octanol–water partition coefficient (Wildman–Crippen LogP) is 2.94. The molecule has 1 unspecified atom stereocenters. The molecule has 0 saturated carbocycles. The molecule has 5 nitrogen and oxygen atoms in total. The van der Waals surface area contributed by atoms with Gasteiger partial charge in [-0.25, -0.2) is 9.97 Å². The number of pyridine rings is 1. The van der Waals surface area contributed by atoms with E-state index in [9.17, 15) is 0 Å². The van der Waals surface area contributed by atoms with Crippen LogP contribution in [-0.4, -0.2) is 36.3 Å². The first kappa shape index (κ1) is 14.3. The lowest BCUT2D eigenvalue weighted by Gasteiger charge is -2.28. The van der Waals surface area contributed by atoms with Crippen LogP contribution in [0.15, 0.2) is 29.9 Å². The van der Waals surface area contributed by atoms with Gasteiger partial charge in [0.25, 0.3) is 0 Å². The summed E-state index contributed by atoms with van der Waals surface area (Å²) in [7, 11) is 0. The van der Waals surface area contributed by atoms with Gasteiger partial charge in [-0.2, -0.15) is 0 Å². The molecule has 3 heterocycles. The topological polar surface area (TPSA) is 50.3 Å². The second-order valence-corrected chi connectivity index (χ2v) is 5.90. The molecule has 0 aliphatic carbocycles. The van der Waals surface area contributed by atoms with Gasteiger partial charge < -0.3 is 15.0 Å². The van der Waals surface area contributed by atoms with Gasteiger partial charge in [0.1, 0.15) is 10.8 Å². The zero-order valence-corrected chi connectivity index (χ0v) is 13.0. The average Bonchev–Trinajstić information content (AvgIpc) is 3.08. The Hall–Kier alpha value is -1.66. The van der Waals surface area contributed by atoms with E-state index >= 15 is 0 Å². The third-order valence-electron chi connectivity index (χ3n) is 3.60. The molecular formula is C15H20N4OS. The molecule has 1 fully saturated rings. The number of anilines is 2. The molecule has 6 heteroatoms. The molecular weight excluding hydrogens is 284 g/mol. The molecule has 0 aromatic carbocycles. The van der Waals surface area contributed by atoms with Gasteiger partial charge >= 0.3 is 0 Å². The SMILES string of the molecule is CCC(Nc1ccc(N2CCOCC2)cn1)c1nccs1. The normalized spacial score (nSPS) is 16.7. The van der Waals surface area contributed by atoms with E-state index in [-0.39, 0.29) is 6.04 Å². The first-order chi connectivity index (χ1) is 10.4. The van der Waals surface area contributed by atoms with Gasteiger partial charge in [-0.15, -0.1) is 11.3 Å². The second-order valence-electron chi connectivity index (χ2n) is 4.98. The average molecular weight is 304 g/mol. The van der Waals surface area contributed by atoms with Crippen molar-refractivity contribution in [1.29, 1.82) is 0 Å². The molecule has 2 aromatic heterocycles. The number of nitrogens with zero attached hydrogens (tertiary/aromatic N) is 3. The molecule has 0 spiro atoms. The Morgan fingerprint density at radius 1 is 1.33 bits per heavy atom. The quantitative estimate of drug-likeness (QED) is 0.920. The van der Waals surface area contributed by atoms with Crippen molar-refractivity contribution in [3.05, 3.63) is 34.9 Å². The molecule has 3 rings (SSSR count). The third kappa shape index (κ3) is 3.51. The second kappa shape index (κ2) is 6.87. The van der Waals surface area contributed by atoms with Crippen molar-refractivity contribution in [2.24, 2.45) is 0 Å². The molecule has 2 aromatic rings. The highest BCUT2D eigenvalue weighted by atomic mass is 32.1. The molecule has 0 bridgehead atoms. The van der Waals surface area contributed by atoms with Gasteiger partial charge in [-0.1, -0.05) is 6.92 Å². The Bertz CT molecular complexity index is 537. The van der Waals surface area contributed by atoms with Crippen LogP contribution in [-0.2, 0) is 4.74 Å². The van der Waals surface area contributed by atoms with Gasteiger partial charge in [-0.05, 0) is 18.6 Å². The molecule has 112 valence electrons. The van der Waals surface area contributed by atoms with Crippen LogP contribution < -0.4 is 10.2 Å². The minimum Gasteiger partial charge on any atom is -0.378 e. The van der Waals surface area contributed by atoms with Crippen LogP contribution in [0, 0.1) is 0 Å². The van der Waals surface area contributed by atoms with Crippen LogP contribution in [0.1, 0.15) is 24.4 Å². The van der Waals surface area contributed by atoms with Crippen LogP contribution in [0.4, 0.5) is 11.5 Å². The molecule has 1 saturated heterocycles. The zero-order valence-electron chi connectivity index (χ0n) is 12.2. The van der Waals surface area contributed by atoms with Crippen molar-refractivity contribution in [2.45, 2.75) is 19.4 Å². The highest BCUT2D eigenvalue weighted by Crippen LogP contribution is 2.24. The van der Waals surface area contributed by atoms with E-state index in [4.69, 9.17) is 4.74 Å². The van der Waals surface area contributed by atoms with E-state index in [1.165, 1.54) is 0 Å². The smallest absolute Gasteiger partial charge is 0.126 e. The number of hydrogen-bond donors (Lipinski definition) is 1. The van der Waals surface area contributed by atoms with Crippen molar-refractivity contribution in [3.63, 3.8) is 0 Å². The van der Waals surface area contributed by atoms with Gasteiger partial charge in [0, 0.05) is 24.7 Å². The Balaban J connectivity index is 1.66. The van der Waals surface area contributed by atoms with Gasteiger partial charge in [0.05, 0.1) is 31.1 Å². The lowest BCUT2D eigenvalue weighted by molar-refractivity contribution is 0.122. The first-order valence-electron chi connectivity index (χ1n) is 7.31. The van der Waals surface area contributed by atoms with Crippen molar-refractivity contribution < 1.29 is 4.74 Å². The van der Waals surface area contributed by atoms with Crippen LogP contribution in [0.25, 0.3) is 0 Å². The summed E-state index contributed by atoms with van der Waals surface area (Å²) in [5.74, 6) is 0.897. The Kier molecular flexibility index (Phi) is 4.67. The fourth-order valence-corrected chi connectivity index (χ4v) is 3.18. The molecule has 0 amide bonds.